The van der Waals surface area contributed by atoms with Gasteiger partial charge in [0.25, 0.3) is 0 Å². The van der Waals surface area contributed by atoms with Gasteiger partial charge in [-0.3, -0.25) is 0 Å². The predicted octanol–water partition coefficient (Wildman–Crippen LogP) is 3.24. The van der Waals surface area contributed by atoms with Crippen molar-refractivity contribution in [1.82, 2.24) is 0 Å². The smallest absolute Gasteiger partial charge is 0.0369 e. The second kappa shape index (κ2) is 6.21. The third kappa shape index (κ3) is 3.30. The lowest BCUT2D eigenvalue weighted by Crippen LogP contribution is -2.18. The van der Waals surface area contributed by atoms with Crippen molar-refractivity contribution < 1.29 is 0 Å². The van der Waals surface area contributed by atoms with E-state index in [0.717, 1.165) is 12.1 Å². The topological polar surface area (TPSA) is 29.3 Å². The molecule has 2 heteroatoms. The van der Waals surface area contributed by atoms with E-state index in [1.54, 1.807) is 6.20 Å². The molecule has 2 N–H and O–H groups in total. The lowest BCUT2D eigenvalue weighted by Gasteiger charge is -2.19. The maximum Gasteiger partial charge on any atom is 0.0369 e. The zero-order chi connectivity index (χ0) is 12.0. The first kappa shape index (κ1) is 12.6. The molecule has 0 heterocycles. The summed E-state index contributed by atoms with van der Waals surface area (Å²) in [5.41, 5.74) is 9.11. The molecule has 0 aromatic heterocycles. The van der Waals surface area contributed by atoms with Gasteiger partial charge < -0.3 is 10.6 Å². The molecule has 0 saturated heterocycles. The Balaban J connectivity index is 2.81. The highest BCUT2D eigenvalue weighted by molar-refractivity contribution is 5.67. The molecule has 0 spiro atoms. The maximum absolute atomic E-state index is 5.53. The summed E-state index contributed by atoms with van der Waals surface area (Å²) in [6.45, 7) is 5.35. The van der Waals surface area contributed by atoms with Crippen LogP contribution in [0, 0.1) is 0 Å². The zero-order valence-electron chi connectivity index (χ0n) is 10.5. The summed E-state index contributed by atoms with van der Waals surface area (Å²) in [5, 5.41) is 0. The molecule has 1 aromatic carbocycles. The second-order valence-corrected chi connectivity index (χ2v) is 4.18. The van der Waals surface area contributed by atoms with Crippen LogP contribution in [-0.2, 0) is 0 Å². The summed E-state index contributed by atoms with van der Waals surface area (Å²) in [4.78, 5) is 2.29. The van der Waals surface area contributed by atoms with Gasteiger partial charge in [-0.05, 0) is 42.8 Å². The van der Waals surface area contributed by atoms with Crippen LogP contribution in [0.5, 0.6) is 0 Å². The van der Waals surface area contributed by atoms with Crippen LogP contribution in [0.3, 0.4) is 0 Å². The summed E-state index contributed by atoms with van der Waals surface area (Å²) in [7, 11) is 2.14. The van der Waals surface area contributed by atoms with Crippen molar-refractivity contribution in [2.45, 2.75) is 26.7 Å². The Morgan fingerprint density at radius 3 is 2.81 bits per heavy atom. The predicted molar refractivity (Wildman–Crippen MR) is 72.5 cm³/mol. The Labute approximate surface area is 98.8 Å². The van der Waals surface area contributed by atoms with Crippen molar-refractivity contribution >= 4 is 11.3 Å². The molecule has 0 bridgehead atoms. The summed E-state index contributed by atoms with van der Waals surface area (Å²) >= 11 is 0. The van der Waals surface area contributed by atoms with Gasteiger partial charge in [-0.1, -0.05) is 25.5 Å². The van der Waals surface area contributed by atoms with Gasteiger partial charge in [0.1, 0.15) is 0 Å². The number of unbranched alkanes of at least 4 members (excludes halogenated alkanes) is 1. The Morgan fingerprint density at radius 2 is 2.19 bits per heavy atom. The number of anilines is 1. The van der Waals surface area contributed by atoms with Crippen LogP contribution in [-0.4, -0.2) is 13.6 Å². The molecule has 2 nitrogen and oxygen atoms in total. The Kier molecular flexibility index (Phi) is 4.90. The van der Waals surface area contributed by atoms with Crippen LogP contribution < -0.4 is 10.6 Å². The molecule has 1 aromatic rings. The van der Waals surface area contributed by atoms with Crippen molar-refractivity contribution in [2.24, 2.45) is 5.73 Å². The molecule has 0 aliphatic carbocycles. The first-order valence-corrected chi connectivity index (χ1v) is 5.89. The van der Waals surface area contributed by atoms with Crippen molar-refractivity contribution in [3.8, 4) is 0 Å². The van der Waals surface area contributed by atoms with Gasteiger partial charge in [-0.15, -0.1) is 0 Å². The quantitative estimate of drug-likeness (QED) is 0.822. The van der Waals surface area contributed by atoms with Crippen LogP contribution in [0.4, 0.5) is 5.69 Å². The molecule has 0 saturated carbocycles. The molecule has 0 amide bonds. The standard InChI is InChI=1S/C14H22N2/c1-4-5-9-16(3)14-8-6-7-13(10-14)12(2)11-15/h6-8,10-11H,4-5,9,15H2,1-3H3/b12-11+. The monoisotopic (exact) mass is 218 g/mol. The third-order valence-corrected chi connectivity index (χ3v) is 2.84. The van der Waals surface area contributed by atoms with Gasteiger partial charge >= 0.3 is 0 Å². The van der Waals surface area contributed by atoms with E-state index in [0.29, 0.717) is 0 Å². The highest BCUT2D eigenvalue weighted by Crippen LogP contribution is 2.20. The van der Waals surface area contributed by atoms with E-state index in [9.17, 15) is 0 Å². The Morgan fingerprint density at radius 1 is 1.44 bits per heavy atom. The molecule has 88 valence electrons. The van der Waals surface area contributed by atoms with E-state index in [4.69, 9.17) is 5.73 Å². The van der Waals surface area contributed by atoms with Gasteiger partial charge in [-0.25, -0.2) is 0 Å². The summed E-state index contributed by atoms with van der Waals surface area (Å²) < 4.78 is 0. The fraction of sp³-hybridized carbons (Fsp3) is 0.429. The van der Waals surface area contributed by atoms with Crippen LogP contribution in [0.2, 0.25) is 0 Å². The molecule has 0 atom stereocenters. The molecule has 0 aliphatic heterocycles. The van der Waals surface area contributed by atoms with Gasteiger partial charge in [0, 0.05) is 19.3 Å². The lowest BCUT2D eigenvalue weighted by atomic mass is 10.1. The number of nitrogens with zero attached hydrogens (tertiary/aromatic N) is 1. The van der Waals surface area contributed by atoms with Crippen LogP contribution in [0.25, 0.3) is 5.57 Å². The van der Waals surface area contributed by atoms with E-state index in [1.807, 2.05) is 6.92 Å². The van der Waals surface area contributed by atoms with Gasteiger partial charge in [0.15, 0.2) is 0 Å². The number of rotatable bonds is 5. The molecule has 0 unspecified atom stereocenters. The van der Waals surface area contributed by atoms with E-state index >= 15 is 0 Å². The van der Waals surface area contributed by atoms with Crippen LogP contribution in [0.1, 0.15) is 32.3 Å². The first-order chi connectivity index (χ1) is 7.69. The average Bonchev–Trinajstić information content (AvgIpc) is 2.35. The van der Waals surface area contributed by atoms with Gasteiger partial charge in [0.2, 0.25) is 0 Å². The molecule has 0 fully saturated rings. The number of allylic oxidation sites excluding steroid dienone is 1. The lowest BCUT2D eigenvalue weighted by molar-refractivity contribution is 0.766. The number of benzene rings is 1. The van der Waals surface area contributed by atoms with E-state index in [2.05, 4.69) is 43.1 Å². The van der Waals surface area contributed by atoms with Crippen LogP contribution >= 0.6 is 0 Å². The summed E-state index contributed by atoms with van der Waals surface area (Å²) in [6, 6.07) is 8.51. The summed E-state index contributed by atoms with van der Waals surface area (Å²) in [6.07, 6.45) is 4.11. The highest BCUT2D eigenvalue weighted by atomic mass is 15.1. The minimum Gasteiger partial charge on any atom is -0.404 e. The first-order valence-electron chi connectivity index (χ1n) is 5.89. The van der Waals surface area contributed by atoms with Crippen LogP contribution in [0.15, 0.2) is 30.5 Å². The largest absolute Gasteiger partial charge is 0.404 e. The van der Waals surface area contributed by atoms with Crippen molar-refractivity contribution in [3.05, 3.63) is 36.0 Å². The fourth-order valence-corrected chi connectivity index (χ4v) is 1.61. The molecule has 1 rings (SSSR count). The second-order valence-electron chi connectivity index (χ2n) is 4.18. The van der Waals surface area contributed by atoms with E-state index in [1.165, 1.54) is 24.1 Å². The molecule has 0 aliphatic rings. The maximum atomic E-state index is 5.53. The van der Waals surface area contributed by atoms with Gasteiger partial charge in [0.05, 0.1) is 0 Å². The van der Waals surface area contributed by atoms with Crippen molar-refractivity contribution in [1.29, 1.82) is 0 Å². The zero-order valence-corrected chi connectivity index (χ0v) is 10.5. The number of hydrogen-bond donors (Lipinski definition) is 1. The fourth-order valence-electron chi connectivity index (χ4n) is 1.61. The number of nitrogens with two attached hydrogens (primary N) is 1. The third-order valence-electron chi connectivity index (χ3n) is 2.84. The average molecular weight is 218 g/mol. The van der Waals surface area contributed by atoms with E-state index in [-0.39, 0.29) is 0 Å². The normalized spacial score (nSPS) is 11.6. The molecule has 0 radical (unpaired) electrons. The highest BCUT2D eigenvalue weighted by Gasteiger charge is 2.02. The summed E-state index contributed by atoms with van der Waals surface area (Å²) in [5.74, 6) is 0. The number of hydrogen-bond acceptors (Lipinski definition) is 2. The minimum absolute atomic E-state index is 1.10. The molecular formula is C14H22N2. The molecule has 16 heavy (non-hydrogen) atoms. The van der Waals surface area contributed by atoms with E-state index < -0.39 is 0 Å². The SMILES string of the molecule is CCCCN(C)c1cccc(/C(C)=C/N)c1. The minimum atomic E-state index is 1.10. The van der Waals surface area contributed by atoms with Gasteiger partial charge in [-0.2, -0.15) is 0 Å². The Hall–Kier alpha value is -1.44. The van der Waals surface area contributed by atoms with Crippen molar-refractivity contribution in [2.75, 3.05) is 18.5 Å². The Bertz CT molecular complexity index is 356. The van der Waals surface area contributed by atoms with Crippen molar-refractivity contribution in [3.63, 3.8) is 0 Å². The molecular weight excluding hydrogens is 196 g/mol.